The van der Waals surface area contributed by atoms with Crippen LogP contribution in [0.3, 0.4) is 0 Å². The zero-order valence-electron chi connectivity index (χ0n) is 10.4. The topological polar surface area (TPSA) is 34.0 Å². The van der Waals surface area contributed by atoms with E-state index in [1.807, 2.05) is 41.1 Å². The summed E-state index contributed by atoms with van der Waals surface area (Å²) in [6, 6.07) is 10.3. The average Bonchev–Trinajstić information content (AvgIpc) is 2.43. The zero-order chi connectivity index (χ0) is 12.4. The van der Waals surface area contributed by atoms with E-state index in [0.717, 1.165) is 23.9 Å². The number of hydrogen-bond donors (Lipinski definition) is 1. The highest BCUT2D eigenvalue weighted by molar-refractivity contribution is 5.81. The molecule has 2 heterocycles. The first kappa shape index (κ1) is 11.5. The minimum atomic E-state index is 0.125. The number of rotatable bonds is 2. The number of benzene rings is 1. The van der Waals surface area contributed by atoms with Crippen LogP contribution in [0.2, 0.25) is 0 Å². The molecule has 0 spiro atoms. The summed E-state index contributed by atoms with van der Waals surface area (Å²) in [4.78, 5) is 12.3. The van der Waals surface area contributed by atoms with Crippen LogP contribution in [0, 0.1) is 0 Å². The lowest BCUT2D eigenvalue weighted by Gasteiger charge is -2.24. The molecule has 0 saturated carbocycles. The quantitative estimate of drug-likeness (QED) is 0.875. The molecule has 1 aromatic carbocycles. The normalized spacial score (nSPS) is 20.1. The van der Waals surface area contributed by atoms with Gasteiger partial charge in [0.25, 0.3) is 5.56 Å². The van der Waals surface area contributed by atoms with Crippen LogP contribution < -0.4 is 10.9 Å². The molecule has 2 aromatic rings. The summed E-state index contributed by atoms with van der Waals surface area (Å²) in [5, 5.41) is 5.32. The van der Waals surface area contributed by atoms with Gasteiger partial charge in [-0.1, -0.05) is 24.6 Å². The monoisotopic (exact) mass is 242 g/mol. The third-order valence-corrected chi connectivity index (χ3v) is 3.72. The molecule has 1 N–H and O–H groups in total. The van der Waals surface area contributed by atoms with E-state index in [9.17, 15) is 4.79 Å². The molecular formula is C15H18N2O. The molecule has 3 nitrogen and oxygen atoms in total. The van der Waals surface area contributed by atoms with Crippen molar-refractivity contribution in [1.29, 1.82) is 0 Å². The molecule has 94 valence electrons. The Bertz CT molecular complexity index is 597. The molecule has 0 radical (unpaired) electrons. The van der Waals surface area contributed by atoms with Gasteiger partial charge in [-0.3, -0.25) is 4.79 Å². The summed E-state index contributed by atoms with van der Waals surface area (Å²) in [6.07, 6.45) is 5.60. The summed E-state index contributed by atoms with van der Waals surface area (Å²) in [6.45, 7) is 1.86. The fourth-order valence-corrected chi connectivity index (χ4v) is 2.69. The maximum absolute atomic E-state index is 12.3. The van der Waals surface area contributed by atoms with Crippen LogP contribution in [-0.2, 0) is 6.54 Å². The Morgan fingerprint density at radius 3 is 2.94 bits per heavy atom. The van der Waals surface area contributed by atoms with Crippen molar-refractivity contribution in [2.75, 3.05) is 6.54 Å². The van der Waals surface area contributed by atoms with Crippen molar-refractivity contribution < 1.29 is 0 Å². The van der Waals surface area contributed by atoms with Gasteiger partial charge in [0.2, 0.25) is 0 Å². The third-order valence-electron chi connectivity index (χ3n) is 3.72. The Kier molecular flexibility index (Phi) is 3.15. The van der Waals surface area contributed by atoms with Crippen LogP contribution in [0.1, 0.15) is 19.3 Å². The molecule has 1 aliphatic rings. The molecule has 1 saturated heterocycles. The molecule has 1 fully saturated rings. The van der Waals surface area contributed by atoms with Crippen LogP contribution in [0.15, 0.2) is 41.3 Å². The minimum absolute atomic E-state index is 0.125. The van der Waals surface area contributed by atoms with E-state index in [0.29, 0.717) is 6.04 Å². The maximum atomic E-state index is 12.3. The van der Waals surface area contributed by atoms with E-state index in [2.05, 4.69) is 5.32 Å². The van der Waals surface area contributed by atoms with E-state index in [-0.39, 0.29) is 5.56 Å². The molecule has 18 heavy (non-hydrogen) atoms. The van der Waals surface area contributed by atoms with Gasteiger partial charge in [0, 0.05) is 24.2 Å². The summed E-state index contributed by atoms with van der Waals surface area (Å²) < 4.78 is 1.84. The Balaban J connectivity index is 1.92. The van der Waals surface area contributed by atoms with Gasteiger partial charge in [-0.05, 0) is 36.9 Å². The highest BCUT2D eigenvalue weighted by Gasteiger charge is 2.13. The van der Waals surface area contributed by atoms with Gasteiger partial charge in [0.15, 0.2) is 0 Å². The van der Waals surface area contributed by atoms with Crippen LogP contribution in [0.25, 0.3) is 10.8 Å². The molecule has 1 aromatic heterocycles. The van der Waals surface area contributed by atoms with E-state index in [1.54, 1.807) is 0 Å². The van der Waals surface area contributed by atoms with Crippen molar-refractivity contribution in [3.8, 4) is 0 Å². The standard InChI is InChI=1S/C15H18N2O/c18-15-14-7-2-1-5-12(14)8-10-17(15)11-13-6-3-4-9-16-13/h1-2,5,7-8,10,13,16H,3-4,6,9,11H2. The first-order valence-electron chi connectivity index (χ1n) is 6.66. The molecule has 3 heteroatoms. The van der Waals surface area contributed by atoms with Gasteiger partial charge >= 0.3 is 0 Å². The van der Waals surface area contributed by atoms with Crippen LogP contribution in [0.4, 0.5) is 0 Å². The van der Waals surface area contributed by atoms with Crippen molar-refractivity contribution in [2.45, 2.75) is 31.8 Å². The zero-order valence-corrected chi connectivity index (χ0v) is 10.4. The third kappa shape index (κ3) is 2.18. The maximum Gasteiger partial charge on any atom is 0.258 e. The number of nitrogens with zero attached hydrogens (tertiary/aromatic N) is 1. The number of pyridine rings is 1. The van der Waals surface area contributed by atoms with E-state index >= 15 is 0 Å². The number of hydrogen-bond acceptors (Lipinski definition) is 2. The fourth-order valence-electron chi connectivity index (χ4n) is 2.69. The Labute approximate surface area is 106 Å². The van der Waals surface area contributed by atoms with Gasteiger partial charge < -0.3 is 9.88 Å². The molecule has 3 rings (SSSR count). The van der Waals surface area contributed by atoms with E-state index in [4.69, 9.17) is 0 Å². The molecule has 0 amide bonds. The first-order valence-corrected chi connectivity index (χ1v) is 6.66. The molecule has 1 unspecified atom stereocenters. The van der Waals surface area contributed by atoms with Crippen molar-refractivity contribution in [3.05, 3.63) is 46.9 Å². The molecule has 0 bridgehead atoms. The Morgan fingerprint density at radius 2 is 2.11 bits per heavy atom. The smallest absolute Gasteiger partial charge is 0.258 e. The Hall–Kier alpha value is -1.61. The Morgan fingerprint density at radius 1 is 1.22 bits per heavy atom. The van der Waals surface area contributed by atoms with E-state index < -0.39 is 0 Å². The van der Waals surface area contributed by atoms with Crippen molar-refractivity contribution in [2.24, 2.45) is 0 Å². The average molecular weight is 242 g/mol. The second-order valence-electron chi connectivity index (χ2n) is 5.01. The molecule has 0 aliphatic carbocycles. The van der Waals surface area contributed by atoms with Gasteiger partial charge in [-0.25, -0.2) is 0 Å². The van der Waals surface area contributed by atoms with Gasteiger partial charge in [0.1, 0.15) is 0 Å². The van der Waals surface area contributed by atoms with Crippen molar-refractivity contribution in [3.63, 3.8) is 0 Å². The molecule has 1 atom stereocenters. The van der Waals surface area contributed by atoms with Crippen LogP contribution >= 0.6 is 0 Å². The van der Waals surface area contributed by atoms with Gasteiger partial charge in [0.05, 0.1) is 0 Å². The van der Waals surface area contributed by atoms with Gasteiger partial charge in [-0.15, -0.1) is 0 Å². The van der Waals surface area contributed by atoms with Crippen molar-refractivity contribution >= 4 is 10.8 Å². The summed E-state index contributed by atoms with van der Waals surface area (Å²) in [5.41, 5.74) is 0.125. The molecule has 1 aliphatic heterocycles. The van der Waals surface area contributed by atoms with Crippen molar-refractivity contribution in [1.82, 2.24) is 9.88 Å². The second kappa shape index (κ2) is 4.94. The number of fused-ring (bicyclic) bond motifs is 1. The highest BCUT2D eigenvalue weighted by Crippen LogP contribution is 2.11. The number of piperidine rings is 1. The SMILES string of the molecule is O=c1c2ccccc2ccn1CC1CCCCN1. The molecular weight excluding hydrogens is 224 g/mol. The van der Waals surface area contributed by atoms with Gasteiger partial charge in [-0.2, -0.15) is 0 Å². The lowest BCUT2D eigenvalue weighted by atomic mass is 10.0. The lowest BCUT2D eigenvalue weighted by Crippen LogP contribution is -2.39. The van der Waals surface area contributed by atoms with Crippen LogP contribution in [0.5, 0.6) is 0 Å². The summed E-state index contributed by atoms with van der Waals surface area (Å²) in [7, 11) is 0. The number of nitrogens with one attached hydrogen (secondary N) is 1. The lowest BCUT2D eigenvalue weighted by molar-refractivity contribution is 0.360. The summed E-state index contributed by atoms with van der Waals surface area (Å²) >= 11 is 0. The second-order valence-corrected chi connectivity index (χ2v) is 5.01. The van der Waals surface area contributed by atoms with Crippen LogP contribution in [-0.4, -0.2) is 17.2 Å². The first-order chi connectivity index (χ1) is 8.84. The summed E-state index contributed by atoms with van der Waals surface area (Å²) in [5.74, 6) is 0. The predicted octanol–water partition coefficient (Wildman–Crippen LogP) is 2.14. The fraction of sp³-hybridized carbons (Fsp3) is 0.400. The predicted molar refractivity (Wildman–Crippen MR) is 73.8 cm³/mol. The number of aromatic nitrogens is 1. The minimum Gasteiger partial charge on any atom is -0.313 e. The van der Waals surface area contributed by atoms with E-state index in [1.165, 1.54) is 19.3 Å². The largest absolute Gasteiger partial charge is 0.313 e. The highest BCUT2D eigenvalue weighted by atomic mass is 16.1.